The molecular formula is C9H10FNO3S. The fraction of sp³-hybridized carbons (Fsp3) is 0.222. The second kappa shape index (κ2) is 4.99. The van der Waals surface area contributed by atoms with Crippen molar-refractivity contribution >= 4 is 16.8 Å². The third kappa shape index (κ3) is 2.84. The fourth-order valence-electron chi connectivity index (χ4n) is 1.01. The minimum Gasteiger partial charge on any atom is -0.480 e. The molecule has 0 fully saturated rings. The van der Waals surface area contributed by atoms with Crippen LogP contribution in [0.5, 0.6) is 0 Å². The van der Waals surface area contributed by atoms with Gasteiger partial charge in [0.25, 0.3) is 0 Å². The van der Waals surface area contributed by atoms with Crippen molar-refractivity contribution in [1.29, 1.82) is 0 Å². The lowest BCUT2D eigenvalue weighted by atomic mass is 10.3. The molecule has 82 valence electrons. The molecule has 0 saturated heterocycles. The van der Waals surface area contributed by atoms with Crippen molar-refractivity contribution in [3.8, 4) is 0 Å². The third-order valence-corrected chi connectivity index (χ3v) is 3.44. The first kappa shape index (κ1) is 11.8. The Labute approximate surface area is 88.4 Å². The van der Waals surface area contributed by atoms with Gasteiger partial charge in [-0.25, -0.2) is 4.39 Å². The monoisotopic (exact) mass is 231 g/mol. The van der Waals surface area contributed by atoms with E-state index in [0.29, 0.717) is 0 Å². The van der Waals surface area contributed by atoms with E-state index in [0.717, 1.165) is 12.1 Å². The molecule has 4 nitrogen and oxygen atoms in total. The topological polar surface area (TPSA) is 80.4 Å². The summed E-state index contributed by atoms with van der Waals surface area (Å²) < 4.78 is 24.2. The SMILES string of the molecule is NCC(C(=O)O)S(=O)c1ccc(F)cc1. The van der Waals surface area contributed by atoms with Crippen molar-refractivity contribution in [3.63, 3.8) is 0 Å². The summed E-state index contributed by atoms with van der Waals surface area (Å²) in [7, 11) is -1.75. The first-order chi connectivity index (χ1) is 7.06. The molecule has 0 aliphatic heterocycles. The highest BCUT2D eigenvalue weighted by molar-refractivity contribution is 7.86. The van der Waals surface area contributed by atoms with E-state index in [1.54, 1.807) is 0 Å². The highest BCUT2D eigenvalue weighted by Crippen LogP contribution is 2.12. The van der Waals surface area contributed by atoms with Crippen molar-refractivity contribution in [2.75, 3.05) is 6.54 Å². The fourth-order valence-corrected chi connectivity index (χ4v) is 2.10. The van der Waals surface area contributed by atoms with Gasteiger partial charge in [0, 0.05) is 11.4 Å². The van der Waals surface area contributed by atoms with Crippen LogP contribution in [0.2, 0.25) is 0 Å². The molecule has 1 aromatic rings. The smallest absolute Gasteiger partial charge is 0.320 e. The maximum Gasteiger partial charge on any atom is 0.320 e. The zero-order chi connectivity index (χ0) is 11.4. The van der Waals surface area contributed by atoms with E-state index < -0.39 is 27.8 Å². The highest BCUT2D eigenvalue weighted by atomic mass is 32.2. The number of carboxylic acids is 1. The average molecular weight is 231 g/mol. The highest BCUT2D eigenvalue weighted by Gasteiger charge is 2.24. The Hall–Kier alpha value is -1.27. The Kier molecular flexibility index (Phi) is 3.93. The summed E-state index contributed by atoms with van der Waals surface area (Å²) in [6.45, 7) is -0.223. The number of hydrogen-bond donors (Lipinski definition) is 2. The first-order valence-corrected chi connectivity index (χ1v) is 5.36. The number of halogens is 1. The van der Waals surface area contributed by atoms with Gasteiger partial charge in [0.05, 0.1) is 10.8 Å². The molecule has 0 saturated carbocycles. The third-order valence-electron chi connectivity index (χ3n) is 1.79. The molecule has 0 radical (unpaired) electrons. The molecule has 1 rings (SSSR count). The van der Waals surface area contributed by atoms with Crippen molar-refractivity contribution in [2.24, 2.45) is 5.73 Å². The van der Waals surface area contributed by atoms with Gasteiger partial charge in [0.2, 0.25) is 0 Å². The Morgan fingerprint density at radius 2 is 2.00 bits per heavy atom. The summed E-state index contributed by atoms with van der Waals surface area (Å²) in [6.07, 6.45) is 0. The van der Waals surface area contributed by atoms with Gasteiger partial charge in [-0.15, -0.1) is 0 Å². The molecule has 2 atom stereocenters. The number of carboxylic acid groups (broad SMARTS) is 1. The van der Waals surface area contributed by atoms with Crippen molar-refractivity contribution in [2.45, 2.75) is 10.1 Å². The maximum absolute atomic E-state index is 12.6. The Balaban J connectivity index is 2.93. The van der Waals surface area contributed by atoms with Crippen molar-refractivity contribution < 1.29 is 18.5 Å². The molecule has 0 aliphatic carbocycles. The zero-order valence-electron chi connectivity index (χ0n) is 7.72. The van der Waals surface area contributed by atoms with Crippen LogP contribution in [0.1, 0.15) is 0 Å². The lowest BCUT2D eigenvalue weighted by Crippen LogP contribution is -2.33. The van der Waals surface area contributed by atoms with Crippen LogP contribution in [0.15, 0.2) is 29.2 Å². The second-order valence-electron chi connectivity index (χ2n) is 2.81. The number of carbonyl (C=O) groups is 1. The summed E-state index contributed by atoms with van der Waals surface area (Å²) in [6, 6.07) is 4.83. The molecule has 3 N–H and O–H groups in total. The van der Waals surface area contributed by atoms with Crippen LogP contribution in [0, 0.1) is 5.82 Å². The quantitative estimate of drug-likeness (QED) is 0.783. The Morgan fingerprint density at radius 3 is 2.40 bits per heavy atom. The molecule has 6 heteroatoms. The molecular weight excluding hydrogens is 221 g/mol. The van der Waals surface area contributed by atoms with Crippen molar-refractivity contribution in [3.05, 3.63) is 30.1 Å². The molecule has 0 spiro atoms. The van der Waals surface area contributed by atoms with Crippen molar-refractivity contribution in [1.82, 2.24) is 0 Å². The lowest BCUT2D eigenvalue weighted by molar-refractivity contribution is -0.136. The molecule has 0 aliphatic rings. The molecule has 0 bridgehead atoms. The standard InChI is InChI=1S/C9H10FNO3S/c10-6-1-3-7(4-2-6)15(14)8(5-11)9(12)13/h1-4,8H,5,11H2,(H,12,13). The zero-order valence-corrected chi connectivity index (χ0v) is 8.54. The number of benzene rings is 1. The van der Waals surface area contributed by atoms with E-state index in [2.05, 4.69) is 0 Å². The van der Waals surface area contributed by atoms with Crippen LogP contribution in [0.3, 0.4) is 0 Å². The van der Waals surface area contributed by atoms with Crippen LogP contribution >= 0.6 is 0 Å². The molecule has 1 aromatic carbocycles. The first-order valence-electron chi connectivity index (χ1n) is 4.15. The minimum atomic E-state index is -1.75. The summed E-state index contributed by atoms with van der Waals surface area (Å²) in [5.74, 6) is -1.68. The van der Waals surface area contributed by atoms with E-state index in [-0.39, 0.29) is 11.4 Å². The van der Waals surface area contributed by atoms with Gasteiger partial charge < -0.3 is 10.8 Å². The average Bonchev–Trinajstić information content (AvgIpc) is 2.19. The minimum absolute atomic E-state index is 0.223. The summed E-state index contributed by atoms with van der Waals surface area (Å²) >= 11 is 0. The normalized spacial score (nSPS) is 14.5. The van der Waals surface area contributed by atoms with E-state index in [1.807, 2.05) is 0 Å². The predicted octanol–water partition coefficient (Wildman–Crippen LogP) is 0.345. The van der Waals surface area contributed by atoms with Gasteiger partial charge in [-0.1, -0.05) is 0 Å². The number of nitrogens with two attached hydrogens (primary N) is 1. The van der Waals surface area contributed by atoms with E-state index >= 15 is 0 Å². The van der Waals surface area contributed by atoms with Crippen LogP contribution in [0.25, 0.3) is 0 Å². The largest absolute Gasteiger partial charge is 0.480 e. The summed E-state index contributed by atoms with van der Waals surface area (Å²) in [5.41, 5.74) is 5.19. The van der Waals surface area contributed by atoms with Crippen LogP contribution < -0.4 is 5.73 Å². The molecule has 0 aromatic heterocycles. The molecule has 0 heterocycles. The number of hydrogen-bond acceptors (Lipinski definition) is 3. The van der Waals surface area contributed by atoms with Gasteiger partial charge in [0.15, 0.2) is 0 Å². The van der Waals surface area contributed by atoms with Crippen LogP contribution in [-0.2, 0) is 15.6 Å². The molecule has 15 heavy (non-hydrogen) atoms. The summed E-state index contributed by atoms with van der Waals surface area (Å²) in [4.78, 5) is 10.9. The van der Waals surface area contributed by atoms with E-state index in [9.17, 15) is 13.4 Å². The van der Waals surface area contributed by atoms with Gasteiger partial charge in [-0.3, -0.25) is 9.00 Å². The predicted molar refractivity (Wildman–Crippen MR) is 53.3 cm³/mol. The second-order valence-corrected chi connectivity index (χ2v) is 4.45. The van der Waals surface area contributed by atoms with E-state index in [1.165, 1.54) is 12.1 Å². The van der Waals surface area contributed by atoms with Gasteiger partial charge in [0.1, 0.15) is 11.1 Å². The van der Waals surface area contributed by atoms with Gasteiger partial charge >= 0.3 is 5.97 Å². The Bertz CT molecular complexity index is 379. The van der Waals surface area contributed by atoms with Crippen LogP contribution in [0.4, 0.5) is 4.39 Å². The Morgan fingerprint density at radius 1 is 1.47 bits per heavy atom. The van der Waals surface area contributed by atoms with E-state index in [4.69, 9.17) is 10.8 Å². The van der Waals surface area contributed by atoms with Crippen LogP contribution in [-0.4, -0.2) is 27.1 Å². The number of rotatable bonds is 4. The molecule has 0 amide bonds. The number of aliphatic carboxylic acids is 1. The maximum atomic E-state index is 12.6. The lowest BCUT2D eigenvalue weighted by Gasteiger charge is -2.09. The van der Waals surface area contributed by atoms with Gasteiger partial charge in [-0.05, 0) is 24.3 Å². The summed E-state index contributed by atoms with van der Waals surface area (Å²) in [5, 5.41) is 7.56. The van der Waals surface area contributed by atoms with Gasteiger partial charge in [-0.2, -0.15) is 0 Å². The molecule has 2 unspecified atom stereocenters.